The zero-order valence-corrected chi connectivity index (χ0v) is 11.3. The fraction of sp³-hybridized carbons (Fsp3) is 0.429. The van der Waals surface area contributed by atoms with E-state index in [2.05, 4.69) is 0 Å². The third kappa shape index (κ3) is 2.70. The molecule has 1 saturated heterocycles. The highest BCUT2D eigenvalue weighted by atomic mass is 16.2. The van der Waals surface area contributed by atoms with Crippen LogP contribution < -0.4 is 5.73 Å². The highest BCUT2D eigenvalue weighted by Crippen LogP contribution is 2.22. The van der Waals surface area contributed by atoms with Crippen LogP contribution >= 0.6 is 0 Å². The number of likely N-dealkylation sites (tertiary alicyclic amines) is 1. The molecule has 19 heavy (non-hydrogen) atoms. The molecule has 102 valence electrons. The summed E-state index contributed by atoms with van der Waals surface area (Å²) in [7, 11) is 3.42. The lowest BCUT2D eigenvalue weighted by molar-refractivity contribution is -0.132. The average molecular weight is 261 g/mol. The fourth-order valence-corrected chi connectivity index (χ4v) is 2.40. The van der Waals surface area contributed by atoms with Gasteiger partial charge in [0.05, 0.1) is 0 Å². The molecule has 1 aliphatic heterocycles. The van der Waals surface area contributed by atoms with Crippen LogP contribution in [0, 0.1) is 0 Å². The van der Waals surface area contributed by atoms with E-state index in [0.29, 0.717) is 17.8 Å². The number of anilines is 1. The molecule has 1 aliphatic rings. The SMILES string of the molecule is CN(C)C(=O)C1CCCN1C(=O)c1cccc(N)c1. The minimum Gasteiger partial charge on any atom is -0.399 e. The van der Waals surface area contributed by atoms with Crippen molar-refractivity contribution in [2.45, 2.75) is 18.9 Å². The summed E-state index contributed by atoms with van der Waals surface area (Å²) in [5, 5.41) is 0. The lowest BCUT2D eigenvalue weighted by Gasteiger charge is -2.26. The smallest absolute Gasteiger partial charge is 0.254 e. The zero-order chi connectivity index (χ0) is 14.0. The summed E-state index contributed by atoms with van der Waals surface area (Å²) in [6, 6.07) is 6.53. The summed E-state index contributed by atoms with van der Waals surface area (Å²) >= 11 is 0. The fourth-order valence-electron chi connectivity index (χ4n) is 2.40. The molecule has 0 aromatic heterocycles. The van der Waals surface area contributed by atoms with Crippen LogP contribution in [0.1, 0.15) is 23.2 Å². The molecule has 1 aromatic carbocycles. The Morgan fingerprint density at radius 1 is 1.37 bits per heavy atom. The molecule has 0 aliphatic carbocycles. The van der Waals surface area contributed by atoms with Crippen LogP contribution in [-0.2, 0) is 4.79 Å². The average Bonchev–Trinajstić information content (AvgIpc) is 2.85. The predicted molar refractivity (Wildman–Crippen MR) is 73.6 cm³/mol. The number of nitrogen functional groups attached to an aromatic ring is 1. The molecular weight excluding hydrogens is 242 g/mol. The van der Waals surface area contributed by atoms with Crippen LogP contribution in [0.3, 0.4) is 0 Å². The number of carbonyl (C=O) groups excluding carboxylic acids is 2. The number of hydrogen-bond acceptors (Lipinski definition) is 3. The number of hydrogen-bond donors (Lipinski definition) is 1. The highest BCUT2D eigenvalue weighted by Gasteiger charge is 2.35. The van der Waals surface area contributed by atoms with Crippen molar-refractivity contribution in [2.24, 2.45) is 0 Å². The van der Waals surface area contributed by atoms with Gasteiger partial charge in [0.25, 0.3) is 5.91 Å². The van der Waals surface area contributed by atoms with Gasteiger partial charge in [-0.05, 0) is 31.0 Å². The lowest BCUT2D eigenvalue weighted by Crippen LogP contribution is -2.45. The predicted octanol–water partition coefficient (Wildman–Crippen LogP) is 0.962. The van der Waals surface area contributed by atoms with Crippen LogP contribution in [0.2, 0.25) is 0 Å². The minimum atomic E-state index is -0.344. The van der Waals surface area contributed by atoms with E-state index in [1.807, 2.05) is 0 Å². The molecule has 0 saturated carbocycles. The van der Waals surface area contributed by atoms with E-state index < -0.39 is 0 Å². The van der Waals surface area contributed by atoms with Gasteiger partial charge in [0.2, 0.25) is 5.91 Å². The van der Waals surface area contributed by atoms with Crippen LogP contribution in [0.25, 0.3) is 0 Å². The Labute approximate surface area is 113 Å². The molecule has 1 unspecified atom stereocenters. The van der Waals surface area contributed by atoms with Gasteiger partial charge in [-0.1, -0.05) is 6.07 Å². The van der Waals surface area contributed by atoms with Crippen molar-refractivity contribution < 1.29 is 9.59 Å². The monoisotopic (exact) mass is 261 g/mol. The van der Waals surface area contributed by atoms with Crippen LogP contribution in [0.5, 0.6) is 0 Å². The van der Waals surface area contributed by atoms with Crippen molar-refractivity contribution in [3.8, 4) is 0 Å². The molecule has 2 rings (SSSR count). The Balaban J connectivity index is 2.21. The number of carbonyl (C=O) groups is 2. The summed E-state index contributed by atoms with van der Waals surface area (Å²) in [5.41, 5.74) is 6.79. The molecule has 1 heterocycles. The first-order chi connectivity index (χ1) is 9.00. The van der Waals surface area contributed by atoms with Crippen LogP contribution in [0.15, 0.2) is 24.3 Å². The van der Waals surface area contributed by atoms with Gasteiger partial charge >= 0.3 is 0 Å². The maximum atomic E-state index is 12.4. The zero-order valence-electron chi connectivity index (χ0n) is 11.3. The molecule has 0 radical (unpaired) electrons. The Kier molecular flexibility index (Phi) is 3.74. The molecule has 1 fully saturated rings. The van der Waals surface area contributed by atoms with Crippen molar-refractivity contribution >= 4 is 17.5 Å². The van der Waals surface area contributed by atoms with Gasteiger partial charge in [-0.25, -0.2) is 0 Å². The molecule has 0 spiro atoms. The molecule has 0 bridgehead atoms. The van der Waals surface area contributed by atoms with E-state index in [9.17, 15) is 9.59 Å². The largest absolute Gasteiger partial charge is 0.399 e. The van der Waals surface area contributed by atoms with E-state index in [0.717, 1.165) is 12.8 Å². The Bertz CT molecular complexity index is 499. The topological polar surface area (TPSA) is 66.6 Å². The Morgan fingerprint density at radius 2 is 2.11 bits per heavy atom. The minimum absolute atomic E-state index is 0.0187. The van der Waals surface area contributed by atoms with Gasteiger partial charge in [0.15, 0.2) is 0 Å². The standard InChI is InChI=1S/C14H19N3O2/c1-16(2)14(19)12-7-4-8-17(12)13(18)10-5-3-6-11(15)9-10/h3,5-6,9,12H,4,7-8,15H2,1-2H3. The van der Waals surface area contributed by atoms with Gasteiger partial charge in [-0.2, -0.15) is 0 Å². The quantitative estimate of drug-likeness (QED) is 0.806. The van der Waals surface area contributed by atoms with Gasteiger partial charge in [-0.15, -0.1) is 0 Å². The molecule has 2 amide bonds. The van der Waals surface area contributed by atoms with E-state index >= 15 is 0 Å². The Morgan fingerprint density at radius 3 is 2.74 bits per heavy atom. The number of nitrogens with two attached hydrogens (primary N) is 1. The van der Waals surface area contributed by atoms with Crippen molar-refractivity contribution in [1.82, 2.24) is 9.80 Å². The van der Waals surface area contributed by atoms with Crippen molar-refractivity contribution in [3.05, 3.63) is 29.8 Å². The van der Waals surface area contributed by atoms with E-state index in [1.54, 1.807) is 43.3 Å². The first-order valence-electron chi connectivity index (χ1n) is 6.38. The molecule has 1 atom stereocenters. The Hall–Kier alpha value is -2.04. The summed E-state index contributed by atoms with van der Waals surface area (Å²) in [5.74, 6) is -0.139. The number of benzene rings is 1. The first kappa shape index (κ1) is 13.4. The third-order valence-electron chi connectivity index (χ3n) is 3.37. The van der Waals surface area contributed by atoms with Gasteiger partial charge < -0.3 is 15.5 Å². The lowest BCUT2D eigenvalue weighted by atomic mass is 10.1. The van der Waals surface area contributed by atoms with Gasteiger partial charge in [-0.3, -0.25) is 9.59 Å². The second kappa shape index (κ2) is 5.30. The van der Waals surface area contributed by atoms with Gasteiger partial charge in [0, 0.05) is 31.9 Å². The van der Waals surface area contributed by atoms with Crippen molar-refractivity contribution in [1.29, 1.82) is 0 Å². The maximum absolute atomic E-state index is 12.4. The molecule has 2 N–H and O–H groups in total. The van der Waals surface area contributed by atoms with Crippen LogP contribution in [0.4, 0.5) is 5.69 Å². The highest BCUT2D eigenvalue weighted by molar-refractivity contribution is 5.98. The molecular formula is C14H19N3O2. The van der Waals surface area contributed by atoms with E-state index in [4.69, 9.17) is 5.73 Å². The first-order valence-corrected chi connectivity index (χ1v) is 6.38. The second-order valence-electron chi connectivity index (χ2n) is 5.01. The van der Waals surface area contributed by atoms with Gasteiger partial charge in [0.1, 0.15) is 6.04 Å². The van der Waals surface area contributed by atoms with E-state index in [1.165, 1.54) is 4.90 Å². The molecule has 5 nitrogen and oxygen atoms in total. The number of likely N-dealkylation sites (N-methyl/N-ethyl adjacent to an activating group) is 1. The number of amides is 2. The van der Waals surface area contributed by atoms with E-state index in [-0.39, 0.29) is 17.9 Å². The van der Waals surface area contributed by atoms with Crippen molar-refractivity contribution in [2.75, 3.05) is 26.4 Å². The summed E-state index contributed by atoms with van der Waals surface area (Å²) in [6.45, 7) is 0.623. The normalized spacial score (nSPS) is 18.4. The van der Waals surface area contributed by atoms with Crippen LogP contribution in [-0.4, -0.2) is 48.3 Å². The van der Waals surface area contributed by atoms with Crippen molar-refractivity contribution in [3.63, 3.8) is 0 Å². The summed E-state index contributed by atoms with van der Waals surface area (Å²) < 4.78 is 0. The summed E-state index contributed by atoms with van der Waals surface area (Å²) in [6.07, 6.45) is 1.59. The second-order valence-corrected chi connectivity index (χ2v) is 5.01. The third-order valence-corrected chi connectivity index (χ3v) is 3.37. The number of nitrogens with zero attached hydrogens (tertiary/aromatic N) is 2. The summed E-state index contributed by atoms with van der Waals surface area (Å²) in [4.78, 5) is 27.7. The maximum Gasteiger partial charge on any atom is 0.254 e. The number of rotatable bonds is 2. The molecule has 1 aromatic rings. The molecule has 5 heteroatoms.